The van der Waals surface area contributed by atoms with E-state index in [1.165, 1.54) is 10.4 Å². The fourth-order valence-electron chi connectivity index (χ4n) is 4.05. The molecule has 7 nitrogen and oxygen atoms in total. The van der Waals surface area contributed by atoms with E-state index >= 15 is 0 Å². The summed E-state index contributed by atoms with van der Waals surface area (Å²) in [5, 5.41) is 16.9. The van der Waals surface area contributed by atoms with Crippen LogP contribution in [0.1, 0.15) is 48.4 Å². The first-order chi connectivity index (χ1) is 12.5. The van der Waals surface area contributed by atoms with E-state index in [4.69, 9.17) is 4.52 Å². The first kappa shape index (κ1) is 17.2. The van der Waals surface area contributed by atoms with Crippen molar-refractivity contribution in [2.45, 2.75) is 51.9 Å². The minimum atomic E-state index is -0.888. The number of nitrogens with zero attached hydrogens (tertiary/aromatic N) is 2. The molecule has 1 amide bonds. The van der Waals surface area contributed by atoms with Crippen molar-refractivity contribution >= 4 is 28.2 Å². The van der Waals surface area contributed by atoms with Crippen LogP contribution in [-0.4, -0.2) is 27.1 Å². The molecule has 4 rings (SSSR count). The molecule has 0 spiro atoms. The molecule has 2 aromatic rings. The molecule has 26 heavy (non-hydrogen) atoms. The smallest absolute Gasteiger partial charge is 0.307 e. The number of anilines is 1. The van der Waals surface area contributed by atoms with E-state index in [1.807, 2.05) is 0 Å². The third-order valence-corrected chi connectivity index (χ3v) is 6.53. The lowest BCUT2D eigenvalue weighted by molar-refractivity contribution is -0.145. The summed E-state index contributed by atoms with van der Waals surface area (Å²) in [6.45, 7) is 1.76. The summed E-state index contributed by atoms with van der Waals surface area (Å²) in [6, 6.07) is 0. The zero-order valence-electron chi connectivity index (χ0n) is 14.6. The number of fused-ring (bicyclic) bond motifs is 1. The van der Waals surface area contributed by atoms with E-state index in [0.717, 1.165) is 37.7 Å². The van der Waals surface area contributed by atoms with Gasteiger partial charge in [0.1, 0.15) is 5.00 Å². The summed E-state index contributed by atoms with van der Waals surface area (Å²) in [5.74, 6) is -1.21. The standard InChI is InChI=1S/C18H21N3O4S/c1-9-19-16(25-21-9)14-12-5-2-3-8-13(12)26-17(14)20-15(22)10-6-4-7-11(10)18(23)24/h10-11H,2-8H2,1H3,(H,20,22)(H,23,24)/t10-,11?/m0/s1. The molecule has 0 aliphatic heterocycles. The molecule has 2 atom stereocenters. The number of aromatic nitrogens is 2. The molecule has 0 saturated heterocycles. The Kier molecular flexibility index (Phi) is 4.52. The van der Waals surface area contributed by atoms with Crippen molar-refractivity contribution in [1.82, 2.24) is 10.1 Å². The highest BCUT2D eigenvalue weighted by atomic mass is 32.1. The van der Waals surface area contributed by atoms with E-state index in [0.29, 0.717) is 29.6 Å². The number of aryl methyl sites for hydroxylation is 2. The van der Waals surface area contributed by atoms with Gasteiger partial charge in [-0.15, -0.1) is 11.3 Å². The van der Waals surface area contributed by atoms with E-state index in [1.54, 1.807) is 18.3 Å². The van der Waals surface area contributed by atoms with E-state index in [9.17, 15) is 14.7 Å². The molecule has 0 bridgehead atoms. The number of hydrogen-bond acceptors (Lipinski definition) is 6. The maximum absolute atomic E-state index is 12.8. The van der Waals surface area contributed by atoms with E-state index in [2.05, 4.69) is 15.5 Å². The van der Waals surface area contributed by atoms with Gasteiger partial charge in [0.2, 0.25) is 5.91 Å². The van der Waals surface area contributed by atoms with Crippen LogP contribution in [0.5, 0.6) is 0 Å². The third kappa shape index (κ3) is 3.02. The maximum Gasteiger partial charge on any atom is 0.307 e. The summed E-state index contributed by atoms with van der Waals surface area (Å²) < 4.78 is 5.38. The van der Waals surface area contributed by atoms with Gasteiger partial charge >= 0.3 is 5.97 Å². The van der Waals surface area contributed by atoms with Gasteiger partial charge in [0.05, 0.1) is 17.4 Å². The van der Waals surface area contributed by atoms with Gasteiger partial charge in [0.25, 0.3) is 5.89 Å². The Morgan fingerprint density at radius 2 is 1.96 bits per heavy atom. The number of hydrogen-bond donors (Lipinski definition) is 2. The largest absolute Gasteiger partial charge is 0.481 e. The quantitative estimate of drug-likeness (QED) is 0.848. The zero-order chi connectivity index (χ0) is 18.3. The lowest BCUT2D eigenvalue weighted by atomic mass is 9.94. The Morgan fingerprint density at radius 1 is 1.19 bits per heavy atom. The van der Waals surface area contributed by atoms with Gasteiger partial charge in [0, 0.05) is 4.88 Å². The van der Waals surface area contributed by atoms with Crippen LogP contribution < -0.4 is 5.32 Å². The molecule has 1 saturated carbocycles. The molecule has 2 heterocycles. The topological polar surface area (TPSA) is 105 Å². The predicted molar refractivity (Wildman–Crippen MR) is 96.1 cm³/mol. The van der Waals surface area contributed by atoms with Gasteiger partial charge in [-0.1, -0.05) is 11.6 Å². The van der Waals surface area contributed by atoms with Crippen molar-refractivity contribution < 1.29 is 19.2 Å². The van der Waals surface area contributed by atoms with Crippen molar-refractivity contribution in [3.8, 4) is 11.5 Å². The summed E-state index contributed by atoms with van der Waals surface area (Å²) in [6.07, 6.45) is 6.09. The first-order valence-electron chi connectivity index (χ1n) is 9.03. The number of nitrogens with one attached hydrogen (secondary N) is 1. The van der Waals surface area contributed by atoms with E-state index in [-0.39, 0.29) is 5.91 Å². The number of amides is 1. The zero-order valence-corrected chi connectivity index (χ0v) is 15.4. The number of thiophene rings is 1. The number of carbonyl (C=O) groups excluding carboxylic acids is 1. The van der Waals surface area contributed by atoms with Crippen LogP contribution in [0, 0.1) is 18.8 Å². The Bertz CT molecular complexity index is 857. The Balaban J connectivity index is 1.67. The molecule has 8 heteroatoms. The van der Waals surface area contributed by atoms with Gasteiger partial charge in [-0.05, 0) is 51.0 Å². The highest BCUT2D eigenvalue weighted by molar-refractivity contribution is 7.17. The molecule has 0 radical (unpaired) electrons. The third-order valence-electron chi connectivity index (χ3n) is 5.32. The second-order valence-electron chi connectivity index (χ2n) is 7.03. The van der Waals surface area contributed by atoms with Crippen molar-refractivity contribution in [1.29, 1.82) is 0 Å². The second-order valence-corrected chi connectivity index (χ2v) is 8.14. The van der Waals surface area contributed by atoms with Crippen molar-refractivity contribution in [2.24, 2.45) is 11.8 Å². The Morgan fingerprint density at radius 3 is 2.69 bits per heavy atom. The average molecular weight is 375 g/mol. The molecular weight excluding hydrogens is 354 g/mol. The number of carbonyl (C=O) groups is 2. The highest BCUT2D eigenvalue weighted by Crippen LogP contribution is 2.44. The molecule has 1 fully saturated rings. The normalized spacial score (nSPS) is 22.2. The molecule has 2 aromatic heterocycles. The maximum atomic E-state index is 12.8. The highest BCUT2D eigenvalue weighted by Gasteiger charge is 2.38. The lowest BCUT2D eigenvalue weighted by Crippen LogP contribution is -2.29. The van der Waals surface area contributed by atoms with Crippen LogP contribution in [0.15, 0.2) is 4.52 Å². The van der Waals surface area contributed by atoms with Crippen LogP contribution in [0.3, 0.4) is 0 Å². The molecular formula is C18H21N3O4S. The number of aliphatic carboxylic acids is 1. The monoisotopic (exact) mass is 375 g/mol. The van der Waals surface area contributed by atoms with Gasteiger partial charge in [0.15, 0.2) is 5.82 Å². The van der Waals surface area contributed by atoms with Gasteiger partial charge < -0.3 is 14.9 Å². The van der Waals surface area contributed by atoms with Crippen molar-refractivity contribution in [3.05, 3.63) is 16.3 Å². The van der Waals surface area contributed by atoms with Crippen LogP contribution in [0.25, 0.3) is 11.5 Å². The molecule has 2 aliphatic carbocycles. The minimum Gasteiger partial charge on any atom is -0.481 e. The lowest BCUT2D eigenvalue weighted by Gasteiger charge is -2.15. The fraction of sp³-hybridized carbons (Fsp3) is 0.556. The second kappa shape index (κ2) is 6.83. The average Bonchev–Trinajstić information content (AvgIpc) is 3.31. The van der Waals surface area contributed by atoms with Gasteiger partial charge in [-0.2, -0.15) is 4.98 Å². The van der Waals surface area contributed by atoms with Gasteiger partial charge in [-0.25, -0.2) is 0 Å². The molecule has 2 N–H and O–H groups in total. The number of rotatable bonds is 4. The SMILES string of the molecule is Cc1noc(-c2c(NC(=O)[C@H]3CCCC3C(=O)O)sc3c2CCCC3)n1. The Hall–Kier alpha value is -2.22. The Labute approximate surface area is 154 Å². The van der Waals surface area contributed by atoms with Crippen molar-refractivity contribution in [2.75, 3.05) is 5.32 Å². The van der Waals surface area contributed by atoms with Crippen LogP contribution >= 0.6 is 11.3 Å². The fourth-order valence-corrected chi connectivity index (χ4v) is 5.34. The van der Waals surface area contributed by atoms with Crippen LogP contribution in [-0.2, 0) is 22.4 Å². The summed E-state index contributed by atoms with van der Waals surface area (Å²) >= 11 is 1.56. The number of carboxylic acids is 1. The first-order valence-corrected chi connectivity index (χ1v) is 9.85. The van der Waals surface area contributed by atoms with E-state index < -0.39 is 17.8 Å². The number of carboxylic acid groups (broad SMARTS) is 1. The molecule has 1 unspecified atom stereocenters. The summed E-state index contributed by atoms with van der Waals surface area (Å²) in [5.41, 5.74) is 2.00. The molecule has 138 valence electrons. The predicted octanol–water partition coefficient (Wildman–Crippen LogP) is 3.42. The van der Waals surface area contributed by atoms with Crippen LogP contribution in [0.4, 0.5) is 5.00 Å². The summed E-state index contributed by atoms with van der Waals surface area (Å²) in [4.78, 5) is 29.8. The minimum absolute atomic E-state index is 0.217. The van der Waals surface area contributed by atoms with Gasteiger partial charge in [-0.3, -0.25) is 9.59 Å². The summed E-state index contributed by atoms with van der Waals surface area (Å²) in [7, 11) is 0. The molecule has 0 aromatic carbocycles. The van der Waals surface area contributed by atoms with Crippen molar-refractivity contribution in [3.63, 3.8) is 0 Å². The van der Waals surface area contributed by atoms with Crippen LogP contribution in [0.2, 0.25) is 0 Å². The molecule has 2 aliphatic rings.